The van der Waals surface area contributed by atoms with Crippen molar-refractivity contribution in [2.45, 2.75) is 84.0 Å². The quantitative estimate of drug-likeness (QED) is 0.618. The van der Waals surface area contributed by atoms with E-state index in [1.165, 1.54) is 33.1 Å². The molecular weight excluding hydrogens is 398 g/mol. The summed E-state index contributed by atoms with van der Waals surface area (Å²) < 4.78 is 0. The predicted molar refractivity (Wildman–Crippen MR) is 120 cm³/mol. The molecule has 0 spiro atoms. The molecule has 1 aliphatic carbocycles. The summed E-state index contributed by atoms with van der Waals surface area (Å²) in [5.41, 5.74) is 2.57. The third kappa shape index (κ3) is 5.45. The fourth-order valence-corrected chi connectivity index (χ4v) is 4.65. The minimum Gasteiger partial charge on any atom is -0.360 e. The van der Waals surface area contributed by atoms with Gasteiger partial charge in [-0.1, -0.05) is 31.4 Å². The highest BCUT2D eigenvalue weighted by Crippen LogP contribution is 2.29. The highest BCUT2D eigenvalue weighted by molar-refractivity contribution is 7.80. The van der Waals surface area contributed by atoms with E-state index in [1.54, 1.807) is 4.90 Å². The highest BCUT2D eigenvalue weighted by atomic mass is 32.1. The van der Waals surface area contributed by atoms with Crippen LogP contribution in [0.2, 0.25) is 0 Å². The number of fused-ring (bicyclic) bond motifs is 1. The molecule has 1 amide bonds. The molecule has 1 aromatic rings. The zero-order valence-electron chi connectivity index (χ0n) is 17.8. The first-order valence-corrected chi connectivity index (χ1v) is 11.2. The Morgan fingerprint density at radius 2 is 1.93 bits per heavy atom. The number of nitrogens with one attached hydrogen (secondary N) is 2. The van der Waals surface area contributed by atoms with Gasteiger partial charge in [-0.05, 0) is 62.5 Å². The van der Waals surface area contributed by atoms with Gasteiger partial charge in [0, 0.05) is 31.1 Å². The van der Waals surface area contributed by atoms with Crippen molar-refractivity contribution in [3.63, 3.8) is 0 Å². The van der Waals surface area contributed by atoms with E-state index < -0.39 is 6.04 Å². The molecular formula is C23H31N3O3S. The molecule has 0 aromatic heterocycles. The third-order valence-corrected chi connectivity index (χ3v) is 6.35. The molecule has 1 atom stereocenters. The van der Waals surface area contributed by atoms with Crippen LogP contribution < -0.4 is 10.6 Å². The van der Waals surface area contributed by atoms with Crippen LogP contribution in [0.1, 0.15) is 80.3 Å². The molecule has 1 fully saturated rings. The van der Waals surface area contributed by atoms with E-state index in [4.69, 9.17) is 12.2 Å². The van der Waals surface area contributed by atoms with Crippen molar-refractivity contribution in [2.24, 2.45) is 0 Å². The minimum atomic E-state index is -0.566. The summed E-state index contributed by atoms with van der Waals surface area (Å²) in [6, 6.07) is 5.54. The number of Topliss-reactive ketones (excluding diaryl/α,β-unsaturated/α-hetero) is 2. The fraction of sp³-hybridized carbons (Fsp3) is 0.565. The van der Waals surface area contributed by atoms with E-state index >= 15 is 0 Å². The summed E-state index contributed by atoms with van der Waals surface area (Å²) in [7, 11) is 0. The summed E-state index contributed by atoms with van der Waals surface area (Å²) >= 11 is 5.47. The van der Waals surface area contributed by atoms with E-state index in [2.05, 4.69) is 10.6 Å². The van der Waals surface area contributed by atoms with Gasteiger partial charge in [-0.2, -0.15) is 0 Å². The summed E-state index contributed by atoms with van der Waals surface area (Å²) in [4.78, 5) is 38.2. The van der Waals surface area contributed by atoms with Crippen LogP contribution in [0, 0.1) is 0 Å². The van der Waals surface area contributed by atoms with Gasteiger partial charge in [0.05, 0.1) is 6.04 Å². The van der Waals surface area contributed by atoms with Gasteiger partial charge in [0.25, 0.3) is 5.91 Å². The van der Waals surface area contributed by atoms with Crippen LogP contribution in [-0.2, 0) is 22.7 Å². The van der Waals surface area contributed by atoms with Crippen LogP contribution in [0.3, 0.4) is 0 Å². The summed E-state index contributed by atoms with van der Waals surface area (Å²) in [5.74, 6) is -0.206. The zero-order valence-corrected chi connectivity index (χ0v) is 18.6. The van der Waals surface area contributed by atoms with E-state index in [0.29, 0.717) is 42.6 Å². The first-order chi connectivity index (χ1) is 14.4. The topological polar surface area (TPSA) is 78.5 Å². The molecule has 1 heterocycles. The van der Waals surface area contributed by atoms with E-state index in [-0.39, 0.29) is 17.5 Å². The number of ketones is 2. The van der Waals surface area contributed by atoms with Crippen molar-refractivity contribution in [3.8, 4) is 0 Å². The molecule has 2 aliphatic rings. The number of hydrogen-bond acceptors (Lipinski definition) is 4. The second-order valence-electron chi connectivity index (χ2n) is 8.41. The number of thiocarbonyl (C=S) groups is 1. The standard InChI is InChI=1S/C23H31N3O3S/c1-15(27)11-12-21(16(2)28)26-14-20-17(7-6-10-19(20)22(26)29)13-24-23(30)25-18-8-4-3-5-9-18/h6-7,10,18,21H,3-5,8-9,11-14H2,1-2H3,(H2,24,25,30). The minimum absolute atomic E-state index is 0.0225. The summed E-state index contributed by atoms with van der Waals surface area (Å²) in [5, 5.41) is 7.32. The van der Waals surface area contributed by atoms with Crippen LogP contribution >= 0.6 is 12.2 Å². The number of hydrogen-bond donors (Lipinski definition) is 2. The van der Waals surface area contributed by atoms with Gasteiger partial charge in [0.2, 0.25) is 0 Å². The van der Waals surface area contributed by atoms with Gasteiger partial charge in [-0.25, -0.2) is 0 Å². The van der Waals surface area contributed by atoms with Crippen molar-refractivity contribution < 1.29 is 14.4 Å². The SMILES string of the molecule is CC(=O)CCC(C(C)=O)N1Cc2c(CNC(=S)NC3CCCCC3)cccc2C1=O. The van der Waals surface area contributed by atoms with Crippen LogP contribution in [0.25, 0.3) is 0 Å². The van der Waals surface area contributed by atoms with Gasteiger partial charge in [0.1, 0.15) is 5.78 Å². The molecule has 7 heteroatoms. The Labute approximate surface area is 183 Å². The van der Waals surface area contributed by atoms with Crippen LogP contribution in [-0.4, -0.2) is 39.6 Å². The molecule has 162 valence electrons. The van der Waals surface area contributed by atoms with E-state index in [1.807, 2.05) is 18.2 Å². The van der Waals surface area contributed by atoms with Gasteiger partial charge >= 0.3 is 0 Å². The molecule has 1 aliphatic heterocycles. The normalized spacial score (nSPS) is 17.4. The molecule has 0 radical (unpaired) electrons. The van der Waals surface area contributed by atoms with Crippen LogP contribution in [0.15, 0.2) is 18.2 Å². The van der Waals surface area contributed by atoms with Gasteiger partial charge in [-0.3, -0.25) is 9.59 Å². The Bertz CT molecular complexity index is 833. The molecule has 1 unspecified atom stereocenters. The number of nitrogens with zero attached hydrogens (tertiary/aromatic N) is 1. The lowest BCUT2D eigenvalue weighted by Crippen LogP contribution is -2.42. The molecule has 0 bridgehead atoms. The maximum Gasteiger partial charge on any atom is 0.255 e. The third-order valence-electron chi connectivity index (χ3n) is 6.09. The molecule has 0 saturated heterocycles. The number of benzene rings is 1. The smallest absolute Gasteiger partial charge is 0.255 e. The van der Waals surface area contributed by atoms with Crippen molar-refractivity contribution in [3.05, 3.63) is 34.9 Å². The lowest BCUT2D eigenvalue weighted by molar-refractivity contribution is -0.122. The van der Waals surface area contributed by atoms with E-state index in [0.717, 1.165) is 24.0 Å². The fourth-order valence-electron chi connectivity index (χ4n) is 4.41. The summed E-state index contributed by atoms with van der Waals surface area (Å²) in [6.07, 6.45) is 6.74. The Morgan fingerprint density at radius 1 is 1.20 bits per heavy atom. The Hall–Kier alpha value is -2.28. The molecule has 6 nitrogen and oxygen atoms in total. The maximum absolute atomic E-state index is 13.0. The number of amides is 1. The van der Waals surface area contributed by atoms with Crippen molar-refractivity contribution >= 4 is 34.8 Å². The largest absolute Gasteiger partial charge is 0.360 e. The van der Waals surface area contributed by atoms with Crippen molar-refractivity contribution in [2.75, 3.05) is 0 Å². The average Bonchev–Trinajstić information content (AvgIpc) is 3.04. The molecule has 2 N–H and O–H groups in total. The van der Waals surface area contributed by atoms with Crippen LogP contribution in [0.4, 0.5) is 0 Å². The van der Waals surface area contributed by atoms with Gasteiger partial charge in [-0.15, -0.1) is 0 Å². The number of rotatable bonds is 8. The predicted octanol–water partition coefficient (Wildman–Crippen LogP) is 3.27. The van der Waals surface area contributed by atoms with Crippen LogP contribution in [0.5, 0.6) is 0 Å². The van der Waals surface area contributed by atoms with Crippen molar-refractivity contribution in [1.82, 2.24) is 15.5 Å². The Balaban J connectivity index is 1.66. The lowest BCUT2D eigenvalue weighted by atomic mass is 9.96. The Kier molecular flexibility index (Phi) is 7.58. The second kappa shape index (κ2) is 10.2. The van der Waals surface area contributed by atoms with Gasteiger partial charge in [0.15, 0.2) is 10.9 Å². The summed E-state index contributed by atoms with van der Waals surface area (Å²) in [6.45, 7) is 3.91. The number of carbonyl (C=O) groups is 3. The molecule has 1 saturated carbocycles. The van der Waals surface area contributed by atoms with Gasteiger partial charge < -0.3 is 20.3 Å². The first-order valence-electron chi connectivity index (χ1n) is 10.8. The Morgan fingerprint density at radius 3 is 2.60 bits per heavy atom. The number of carbonyl (C=O) groups excluding carboxylic acids is 3. The van der Waals surface area contributed by atoms with E-state index in [9.17, 15) is 14.4 Å². The molecule has 30 heavy (non-hydrogen) atoms. The zero-order chi connectivity index (χ0) is 21.7. The van der Waals surface area contributed by atoms with Crippen molar-refractivity contribution in [1.29, 1.82) is 0 Å². The molecule has 1 aromatic carbocycles. The highest BCUT2D eigenvalue weighted by Gasteiger charge is 2.35. The maximum atomic E-state index is 13.0. The molecule has 3 rings (SSSR count). The monoisotopic (exact) mass is 429 g/mol. The second-order valence-corrected chi connectivity index (χ2v) is 8.81. The average molecular weight is 430 g/mol. The lowest BCUT2D eigenvalue weighted by Gasteiger charge is -2.25. The first kappa shape index (κ1) is 22.4.